The molecule has 0 saturated carbocycles. The molecule has 1 heterocycles. The molecule has 0 aliphatic carbocycles. The molecule has 26 heavy (non-hydrogen) atoms. The number of benzene rings is 2. The molecule has 1 aliphatic heterocycles. The van der Waals surface area contributed by atoms with Crippen molar-refractivity contribution in [2.45, 2.75) is 31.9 Å². The van der Waals surface area contributed by atoms with Crippen molar-refractivity contribution >= 4 is 34.6 Å². The SMILES string of the molecule is COc1ccc2c(c1)OC(C)(C)C[C@@H]2NC(=S)Nc1ccc(F)c(Cl)c1. The zero-order chi connectivity index (χ0) is 18.9. The van der Waals surface area contributed by atoms with Crippen molar-refractivity contribution in [3.63, 3.8) is 0 Å². The third-order valence-corrected chi connectivity index (χ3v) is 4.67. The fourth-order valence-electron chi connectivity index (χ4n) is 2.99. The highest BCUT2D eigenvalue weighted by molar-refractivity contribution is 7.80. The van der Waals surface area contributed by atoms with Gasteiger partial charge in [-0.2, -0.15) is 0 Å². The highest BCUT2D eigenvalue weighted by Gasteiger charge is 2.34. The van der Waals surface area contributed by atoms with Crippen LogP contribution >= 0.6 is 23.8 Å². The van der Waals surface area contributed by atoms with E-state index in [0.717, 1.165) is 23.5 Å². The second-order valence-corrected chi connectivity index (χ2v) is 7.57. The van der Waals surface area contributed by atoms with Gasteiger partial charge in [-0.3, -0.25) is 0 Å². The van der Waals surface area contributed by atoms with Crippen molar-refractivity contribution < 1.29 is 13.9 Å². The number of halogens is 2. The average Bonchev–Trinajstić information content (AvgIpc) is 2.56. The number of nitrogens with one attached hydrogen (secondary N) is 2. The van der Waals surface area contributed by atoms with Gasteiger partial charge in [-0.15, -0.1) is 0 Å². The molecule has 7 heteroatoms. The van der Waals surface area contributed by atoms with Gasteiger partial charge in [0.2, 0.25) is 0 Å². The Labute approximate surface area is 162 Å². The third-order valence-electron chi connectivity index (χ3n) is 4.16. The summed E-state index contributed by atoms with van der Waals surface area (Å²) in [4.78, 5) is 0. The molecule has 2 aromatic rings. The predicted molar refractivity (Wildman–Crippen MR) is 106 cm³/mol. The minimum Gasteiger partial charge on any atom is -0.497 e. The first kappa shape index (κ1) is 18.7. The number of thiocarbonyl (C=S) groups is 1. The van der Waals surface area contributed by atoms with Gasteiger partial charge in [-0.25, -0.2) is 4.39 Å². The minimum atomic E-state index is -0.467. The van der Waals surface area contributed by atoms with Crippen molar-refractivity contribution in [3.05, 3.63) is 52.8 Å². The summed E-state index contributed by atoms with van der Waals surface area (Å²) in [5.41, 5.74) is 1.27. The second-order valence-electron chi connectivity index (χ2n) is 6.75. The Morgan fingerprint density at radius 1 is 1.31 bits per heavy atom. The average molecular weight is 395 g/mol. The molecular formula is C19H20ClFN2O2S. The first-order chi connectivity index (χ1) is 12.3. The molecule has 2 N–H and O–H groups in total. The molecule has 4 nitrogen and oxygen atoms in total. The number of hydrogen-bond acceptors (Lipinski definition) is 3. The van der Waals surface area contributed by atoms with Crippen LogP contribution in [-0.4, -0.2) is 17.8 Å². The number of anilines is 1. The first-order valence-corrected chi connectivity index (χ1v) is 8.95. The van der Waals surface area contributed by atoms with Crippen molar-refractivity contribution in [2.24, 2.45) is 0 Å². The summed E-state index contributed by atoms with van der Waals surface area (Å²) >= 11 is 11.2. The van der Waals surface area contributed by atoms with Gasteiger partial charge in [0.15, 0.2) is 5.11 Å². The van der Waals surface area contributed by atoms with Gasteiger partial charge in [-0.1, -0.05) is 11.6 Å². The summed E-state index contributed by atoms with van der Waals surface area (Å²) < 4.78 is 24.7. The maximum absolute atomic E-state index is 13.3. The smallest absolute Gasteiger partial charge is 0.171 e. The lowest BCUT2D eigenvalue weighted by atomic mass is 9.89. The van der Waals surface area contributed by atoms with Crippen LogP contribution in [0.5, 0.6) is 11.5 Å². The Balaban J connectivity index is 1.78. The zero-order valence-corrected chi connectivity index (χ0v) is 16.3. The van der Waals surface area contributed by atoms with Gasteiger partial charge in [0.25, 0.3) is 0 Å². The molecule has 0 spiro atoms. The minimum absolute atomic E-state index is 0.0319. The van der Waals surface area contributed by atoms with Crippen LogP contribution in [0.15, 0.2) is 36.4 Å². The van der Waals surface area contributed by atoms with E-state index in [-0.39, 0.29) is 16.7 Å². The van der Waals surface area contributed by atoms with Crippen LogP contribution in [0, 0.1) is 5.82 Å². The normalized spacial score (nSPS) is 17.7. The molecule has 3 rings (SSSR count). The Morgan fingerprint density at radius 3 is 2.77 bits per heavy atom. The van der Waals surface area contributed by atoms with Crippen molar-refractivity contribution in [1.29, 1.82) is 0 Å². The Hall–Kier alpha value is -2.05. The molecular weight excluding hydrogens is 375 g/mol. The first-order valence-electron chi connectivity index (χ1n) is 8.17. The van der Waals surface area contributed by atoms with Gasteiger partial charge in [0.05, 0.1) is 18.2 Å². The monoisotopic (exact) mass is 394 g/mol. The highest BCUT2D eigenvalue weighted by atomic mass is 35.5. The molecule has 0 aromatic heterocycles. The highest BCUT2D eigenvalue weighted by Crippen LogP contribution is 2.41. The number of fused-ring (bicyclic) bond motifs is 1. The molecule has 0 radical (unpaired) electrons. The van der Waals surface area contributed by atoms with Crippen molar-refractivity contribution in [3.8, 4) is 11.5 Å². The number of ether oxygens (including phenoxy) is 2. The van der Waals surface area contributed by atoms with E-state index < -0.39 is 5.82 Å². The largest absolute Gasteiger partial charge is 0.497 e. The predicted octanol–water partition coefficient (Wildman–Crippen LogP) is 5.08. The molecule has 0 unspecified atom stereocenters. The number of methoxy groups -OCH3 is 1. The van der Waals surface area contributed by atoms with Crippen molar-refractivity contribution in [1.82, 2.24) is 5.32 Å². The van der Waals surface area contributed by atoms with E-state index in [0.29, 0.717) is 10.8 Å². The summed E-state index contributed by atoms with van der Waals surface area (Å²) in [7, 11) is 1.62. The van der Waals surface area contributed by atoms with E-state index in [1.54, 1.807) is 13.2 Å². The van der Waals surface area contributed by atoms with Gasteiger partial charge in [-0.05, 0) is 56.4 Å². The van der Waals surface area contributed by atoms with Crippen LogP contribution in [0.3, 0.4) is 0 Å². The van der Waals surface area contributed by atoms with Crippen LogP contribution in [-0.2, 0) is 0 Å². The Bertz CT molecular complexity index is 844. The van der Waals surface area contributed by atoms with Gasteiger partial charge < -0.3 is 20.1 Å². The van der Waals surface area contributed by atoms with Crippen LogP contribution in [0.2, 0.25) is 5.02 Å². The molecule has 138 valence electrons. The summed E-state index contributed by atoms with van der Waals surface area (Å²) in [6, 6.07) is 10.1. The fourth-order valence-corrected chi connectivity index (χ4v) is 3.43. The van der Waals surface area contributed by atoms with Crippen LogP contribution in [0.4, 0.5) is 10.1 Å². The molecule has 1 atom stereocenters. The lowest BCUT2D eigenvalue weighted by Crippen LogP contribution is -2.42. The summed E-state index contributed by atoms with van der Waals surface area (Å²) in [5, 5.41) is 6.83. The second kappa shape index (κ2) is 7.29. The topological polar surface area (TPSA) is 42.5 Å². The molecule has 0 bridgehead atoms. The van der Waals surface area contributed by atoms with Gasteiger partial charge in [0, 0.05) is 23.7 Å². The molecule has 2 aromatic carbocycles. The Morgan fingerprint density at radius 2 is 2.08 bits per heavy atom. The maximum atomic E-state index is 13.3. The number of hydrogen-bond donors (Lipinski definition) is 2. The summed E-state index contributed by atoms with van der Waals surface area (Å²) in [5.74, 6) is 1.04. The van der Waals surface area contributed by atoms with E-state index in [9.17, 15) is 4.39 Å². The third kappa shape index (κ3) is 4.19. The van der Waals surface area contributed by atoms with Crippen LogP contribution in [0.1, 0.15) is 31.9 Å². The molecule has 0 amide bonds. The van der Waals surface area contributed by atoms with E-state index >= 15 is 0 Å². The van der Waals surface area contributed by atoms with E-state index in [1.165, 1.54) is 12.1 Å². The fraction of sp³-hybridized carbons (Fsp3) is 0.316. The van der Waals surface area contributed by atoms with E-state index in [4.69, 9.17) is 33.3 Å². The standard InChI is InChI=1S/C19H20ClFN2O2S/c1-19(2)10-16(13-6-5-12(24-3)9-17(13)25-19)23-18(26)22-11-4-7-15(21)14(20)8-11/h4-9,16H,10H2,1-3H3,(H2,22,23,26)/t16-/m0/s1. The van der Waals surface area contributed by atoms with Crippen molar-refractivity contribution in [2.75, 3.05) is 12.4 Å². The van der Waals surface area contributed by atoms with Crippen LogP contribution < -0.4 is 20.1 Å². The maximum Gasteiger partial charge on any atom is 0.171 e. The van der Waals surface area contributed by atoms with Crippen LogP contribution in [0.25, 0.3) is 0 Å². The van der Waals surface area contributed by atoms with Gasteiger partial charge >= 0.3 is 0 Å². The zero-order valence-electron chi connectivity index (χ0n) is 14.7. The summed E-state index contributed by atoms with van der Waals surface area (Å²) in [6.07, 6.45) is 0.734. The van der Waals surface area contributed by atoms with E-state index in [1.807, 2.05) is 32.0 Å². The lowest BCUT2D eigenvalue weighted by Gasteiger charge is -2.38. The van der Waals surface area contributed by atoms with Gasteiger partial charge in [0.1, 0.15) is 22.9 Å². The summed E-state index contributed by atoms with van der Waals surface area (Å²) in [6.45, 7) is 4.06. The molecule has 0 saturated heterocycles. The molecule has 1 aliphatic rings. The lowest BCUT2D eigenvalue weighted by molar-refractivity contribution is 0.0693. The Kier molecular flexibility index (Phi) is 5.25. The molecule has 0 fully saturated rings. The number of rotatable bonds is 3. The van der Waals surface area contributed by atoms with E-state index in [2.05, 4.69) is 10.6 Å². The quantitative estimate of drug-likeness (QED) is 0.711.